The maximum Gasteiger partial charge on any atom is 0.0223 e. The van der Waals surface area contributed by atoms with E-state index in [0.29, 0.717) is 0 Å². The lowest BCUT2D eigenvalue weighted by Gasteiger charge is -2.43. The molecular weight excluding hydrogens is 208 g/mol. The normalized spacial score (nSPS) is 31.4. The molecule has 2 rings (SSSR count). The Labute approximate surface area is 107 Å². The third-order valence-corrected chi connectivity index (χ3v) is 4.76. The fraction of sp³-hybridized carbons (Fsp3) is 1.00. The van der Waals surface area contributed by atoms with Gasteiger partial charge < -0.3 is 5.32 Å². The Morgan fingerprint density at radius 3 is 2.76 bits per heavy atom. The predicted molar refractivity (Wildman–Crippen MR) is 74.3 cm³/mol. The molecule has 2 nitrogen and oxygen atoms in total. The van der Waals surface area contributed by atoms with Crippen LogP contribution in [0.4, 0.5) is 0 Å². The summed E-state index contributed by atoms with van der Waals surface area (Å²) >= 11 is 0. The van der Waals surface area contributed by atoms with E-state index >= 15 is 0 Å². The second-order valence-corrected chi connectivity index (χ2v) is 5.89. The molecule has 2 heteroatoms. The van der Waals surface area contributed by atoms with Crippen LogP contribution in [-0.4, -0.2) is 36.6 Å². The van der Waals surface area contributed by atoms with Gasteiger partial charge in [-0.1, -0.05) is 26.7 Å². The van der Waals surface area contributed by atoms with Crippen molar-refractivity contribution in [3.8, 4) is 0 Å². The van der Waals surface area contributed by atoms with Crippen LogP contribution in [0.15, 0.2) is 0 Å². The average molecular weight is 238 g/mol. The van der Waals surface area contributed by atoms with Crippen molar-refractivity contribution in [1.82, 2.24) is 10.2 Å². The van der Waals surface area contributed by atoms with Crippen LogP contribution in [0.1, 0.15) is 58.8 Å². The SMILES string of the molecule is CCCC(CNCC)N1CCCC2CCCC21. The number of hydrogen-bond acceptors (Lipinski definition) is 2. The molecule has 100 valence electrons. The van der Waals surface area contributed by atoms with Crippen LogP contribution in [0, 0.1) is 5.92 Å². The van der Waals surface area contributed by atoms with Gasteiger partial charge in [-0.25, -0.2) is 0 Å². The second-order valence-electron chi connectivity index (χ2n) is 5.89. The summed E-state index contributed by atoms with van der Waals surface area (Å²) in [6.07, 6.45) is 10.1. The van der Waals surface area contributed by atoms with Crippen LogP contribution < -0.4 is 5.32 Å². The molecule has 1 N–H and O–H groups in total. The zero-order valence-corrected chi connectivity index (χ0v) is 11.8. The van der Waals surface area contributed by atoms with Gasteiger partial charge in [0.1, 0.15) is 0 Å². The van der Waals surface area contributed by atoms with Gasteiger partial charge in [0.05, 0.1) is 0 Å². The summed E-state index contributed by atoms with van der Waals surface area (Å²) in [5.41, 5.74) is 0. The van der Waals surface area contributed by atoms with E-state index in [-0.39, 0.29) is 0 Å². The molecule has 0 aromatic rings. The topological polar surface area (TPSA) is 15.3 Å². The third kappa shape index (κ3) is 3.23. The lowest BCUT2D eigenvalue weighted by Crippen LogP contribution is -2.51. The lowest BCUT2D eigenvalue weighted by atomic mass is 9.90. The third-order valence-electron chi connectivity index (χ3n) is 4.76. The Morgan fingerprint density at radius 1 is 1.18 bits per heavy atom. The molecule has 0 spiro atoms. The van der Waals surface area contributed by atoms with Crippen molar-refractivity contribution >= 4 is 0 Å². The zero-order chi connectivity index (χ0) is 12.1. The fourth-order valence-corrected chi connectivity index (χ4v) is 3.98. The Kier molecular flexibility index (Phi) is 5.30. The van der Waals surface area contributed by atoms with Crippen molar-refractivity contribution in [2.24, 2.45) is 5.92 Å². The molecule has 0 aromatic heterocycles. The molecule has 0 aromatic carbocycles. The first kappa shape index (κ1) is 13.4. The maximum absolute atomic E-state index is 3.57. The first-order valence-electron chi connectivity index (χ1n) is 7.83. The minimum absolute atomic E-state index is 0.797. The first-order valence-corrected chi connectivity index (χ1v) is 7.83. The number of piperidine rings is 1. The van der Waals surface area contributed by atoms with E-state index in [1.54, 1.807) is 0 Å². The van der Waals surface area contributed by atoms with Crippen LogP contribution in [0.3, 0.4) is 0 Å². The summed E-state index contributed by atoms with van der Waals surface area (Å²) in [4.78, 5) is 2.87. The summed E-state index contributed by atoms with van der Waals surface area (Å²) in [5.74, 6) is 1.03. The van der Waals surface area contributed by atoms with Crippen molar-refractivity contribution in [2.45, 2.75) is 70.9 Å². The fourth-order valence-electron chi connectivity index (χ4n) is 3.98. The summed E-state index contributed by atoms with van der Waals surface area (Å²) in [6.45, 7) is 8.22. The zero-order valence-electron chi connectivity index (χ0n) is 11.8. The van der Waals surface area contributed by atoms with Crippen LogP contribution in [0.25, 0.3) is 0 Å². The number of likely N-dealkylation sites (tertiary alicyclic amines) is 1. The molecular formula is C15H30N2. The first-order chi connectivity index (χ1) is 8.36. The van der Waals surface area contributed by atoms with E-state index in [4.69, 9.17) is 0 Å². The van der Waals surface area contributed by atoms with Gasteiger partial charge in [-0.2, -0.15) is 0 Å². The number of likely N-dealkylation sites (N-methyl/N-ethyl adjacent to an activating group) is 1. The van der Waals surface area contributed by atoms with Gasteiger partial charge in [0, 0.05) is 18.6 Å². The van der Waals surface area contributed by atoms with Gasteiger partial charge in [-0.3, -0.25) is 4.90 Å². The van der Waals surface area contributed by atoms with E-state index in [2.05, 4.69) is 24.1 Å². The lowest BCUT2D eigenvalue weighted by molar-refractivity contribution is 0.0626. The minimum atomic E-state index is 0.797. The summed E-state index contributed by atoms with van der Waals surface area (Å²) < 4.78 is 0. The van der Waals surface area contributed by atoms with Crippen molar-refractivity contribution in [3.05, 3.63) is 0 Å². The molecule has 1 aliphatic carbocycles. The van der Waals surface area contributed by atoms with Gasteiger partial charge in [0.15, 0.2) is 0 Å². The number of rotatable bonds is 6. The predicted octanol–water partition coefficient (Wildman–Crippen LogP) is 3.03. The monoisotopic (exact) mass is 238 g/mol. The molecule has 2 aliphatic rings. The number of nitrogens with zero attached hydrogens (tertiary/aromatic N) is 1. The van der Waals surface area contributed by atoms with E-state index < -0.39 is 0 Å². The Balaban J connectivity index is 1.95. The van der Waals surface area contributed by atoms with Crippen molar-refractivity contribution in [3.63, 3.8) is 0 Å². The van der Waals surface area contributed by atoms with Gasteiger partial charge in [-0.05, 0) is 51.1 Å². The van der Waals surface area contributed by atoms with E-state index in [1.165, 1.54) is 58.0 Å². The number of hydrogen-bond donors (Lipinski definition) is 1. The van der Waals surface area contributed by atoms with Crippen molar-refractivity contribution < 1.29 is 0 Å². The Morgan fingerprint density at radius 2 is 2.00 bits per heavy atom. The van der Waals surface area contributed by atoms with E-state index in [9.17, 15) is 0 Å². The standard InChI is InChI=1S/C15H30N2/c1-3-7-14(12-16-4-2)17-11-6-9-13-8-5-10-15(13)17/h13-16H,3-12H2,1-2H3. The van der Waals surface area contributed by atoms with E-state index in [1.807, 2.05) is 0 Å². The summed E-state index contributed by atoms with van der Waals surface area (Å²) in [6, 6.07) is 1.73. The molecule has 3 atom stereocenters. The molecule has 0 radical (unpaired) electrons. The number of fused-ring (bicyclic) bond motifs is 1. The summed E-state index contributed by atoms with van der Waals surface area (Å²) in [5, 5.41) is 3.57. The Hall–Kier alpha value is -0.0800. The van der Waals surface area contributed by atoms with E-state index in [0.717, 1.165) is 24.5 Å². The number of nitrogens with one attached hydrogen (secondary N) is 1. The molecule has 1 saturated heterocycles. The van der Waals surface area contributed by atoms with Crippen molar-refractivity contribution in [2.75, 3.05) is 19.6 Å². The van der Waals surface area contributed by atoms with Gasteiger partial charge in [0.25, 0.3) is 0 Å². The highest BCUT2D eigenvalue weighted by Crippen LogP contribution is 2.38. The summed E-state index contributed by atoms with van der Waals surface area (Å²) in [7, 11) is 0. The highest BCUT2D eigenvalue weighted by Gasteiger charge is 2.37. The van der Waals surface area contributed by atoms with Crippen LogP contribution in [0.2, 0.25) is 0 Å². The molecule has 17 heavy (non-hydrogen) atoms. The van der Waals surface area contributed by atoms with Crippen LogP contribution in [0.5, 0.6) is 0 Å². The highest BCUT2D eigenvalue weighted by molar-refractivity contribution is 4.92. The molecule has 3 unspecified atom stereocenters. The highest BCUT2D eigenvalue weighted by atomic mass is 15.2. The quantitative estimate of drug-likeness (QED) is 0.765. The Bertz CT molecular complexity index is 217. The van der Waals surface area contributed by atoms with Gasteiger partial charge >= 0.3 is 0 Å². The molecule has 1 aliphatic heterocycles. The van der Waals surface area contributed by atoms with Crippen LogP contribution >= 0.6 is 0 Å². The molecule has 0 bridgehead atoms. The van der Waals surface area contributed by atoms with Gasteiger partial charge in [0.2, 0.25) is 0 Å². The molecule has 2 fully saturated rings. The largest absolute Gasteiger partial charge is 0.315 e. The van der Waals surface area contributed by atoms with Crippen LogP contribution in [-0.2, 0) is 0 Å². The van der Waals surface area contributed by atoms with Crippen molar-refractivity contribution in [1.29, 1.82) is 0 Å². The molecule has 1 heterocycles. The molecule has 1 saturated carbocycles. The molecule has 0 amide bonds. The van der Waals surface area contributed by atoms with Gasteiger partial charge in [-0.15, -0.1) is 0 Å². The maximum atomic E-state index is 3.57. The smallest absolute Gasteiger partial charge is 0.0223 e. The second kappa shape index (κ2) is 6.75. The minimum Gasteiger partial charge on any atom is -0.315 e. The average Bonchev–Trinajstić information content (AvgIpc) is 2.82.